The van der Waals surface area contributed by atoms with E-state index in [-0.39, 0.29) is 36.2 Å². The van der Waals surface area contributed by atoms with Crippen LogP contribution >= 0.6 is 11.3 Å². The Morgan fingerprint density at radius 2 is 2.00 bits per heavy atom. The molecule has 0 aliphatic carbocycles. The predicted molar refractivity (Wildman–Crippen MR) is 115 cm³/mol. The molecule has 9 heteroatoms. The molecule has 31 heavy (non-hydrogen) atoms. The quantitative estimate of drug-likeness (QED) is 0.566. The van der Waals surface area contributed by atoms with Gasteiger partial charge in [0.2, 0.25) is 5.91 Å². The number of ketones is 2. The molecule has 0 unspecified atom stereocenters. The first-order chi connectivity index (χ1) is 14.9. The molecule has 1 amide bonds. The Kier molecular flexibility index (Phi) is 5.94. The molecular weight excluding hydrogens is 414 g/mol. The highest BCUT2D eigenvalue weighted by Gasteiger charge is 2.25. The number of nitrogens with one attached hydrogen (secondary N) is 1. The first kappa shape index (κ1) is 20.9. The Labute approximate surface area is 183 Å². The number of fused-ring (bicyclic) bond motifs is 1. The molecule has 0 saturated carbocycles. The number of hydrogen-bond donors (Lipinski definition) is 1. The summed E-state index contributed by atoms with van der Waals surface area (Å²) in [6.45, 7) is 3.80. The van der Waals surface area contributed by atoms with Gasteiger partial charge in [0.25, 0.3) is 0 Å². The molecule has 1 aliphatic rings. The second kappa shape index (κ2) is 8.81. The summed E-state index contributed by atoms with van der Waals surface area (Å²) in [5.41, 5.74) is 2.81. The lowest BCUT2D eigenvalue weighted by atomic mass is 9.97. The van der Waals surface area contributed by atoms with Crippen molar-refractivity contribution in [3.63, 3.8) is 0 Å². The summed E-state index contributed by atoms with van der Waals surface area (Å²) >= 11 is 1.32. The maximum atomic E-state index is 12.9. The predicted octanol–water partition coefficient (Wildman–Crippen LogP) is 3.32. The monoisotopic (exact) mass is 435 g/mol. The molecule has 158 valence electrons. The Bertz CT molecular complexity index is 1170. The van der Waals surface area contributed by atoms with E-state index in [0.29, 0.717) is 34.8 Å². The van der Waals surface area contributed by atoms with Gasteiger partial charge in [0, 0.05) is 48.8 Å². The molecule has 0 fully saturated rings. The summed E-state index contributed by atoms with van der Waals surface area (Å²) in [5, 5.41) is 3.42. The maximum absolute atomic E-state index is 12.9. The van der Waals surface area contributed by atoms with E-state index in [9.17, 15) is 14.4 Å². The fraction of sp³-hybridized carbons (Fsp3) is 0.318. The summed E-state index contributed by atoms with van der Waals surface area (Å²) in [6, 6.07) is 3.73. The highest BCUT2D eigenvalue weighted by molar-refractivity contribution is 7.13. The first-order valence-electron chi connectivity index (χ1n) is 9.98. The van der Waals surface area contributed by atoms with E-state index in [0.717, 1.165) is 16.3 Å². The largest absolute Gasteiger partial charge is 0.310 e. The molecule has 1 atom stereocenters. The topological polar surface area (TPSA) is 115 Å². The third-order valence-corrected chi connectivity index (χ3v) is 6.38. The van der Waals surface area contributed by atoms with Gasteiger partial charge in [-0.3, -0.25) is 19.4 Å². The normalized spacial score (nSPS) is 13.9. The van der Waals surface area contributed by atoms with Gasteiger partial charge in [0.1, 0.15) is 17.8 Å². The number of carbonyl (C=O) groups excluding carboxylic acids is 3. The zero-order valence-electron chi connectivity index (χ0n) is 17.2. The van der Waals surface area contributed by atoms with Gasteiger partial charge in [-0.2, -0.15) is 0 Å². The fourth-order valence-corrected chi connectivity index (χ4v) is 4.43. The second-order valence-electron chi connectivity index (χ2n) is 7.59. The van der Waals surface area contributed by atoms with Gasteiger partial charge in [-0.1, -0.05) is 6.92 Å². The van der Waals surface area contributed by atoms with Crippen molar-refractivity contribution >= 4 is 34.6 Å². The third-order valence-electron chi connectivity index (χ3n) is 5.11. The van der Waals surface area contributed by atoms with Gasteiger partial charge >= 0.3 is 0 Å². The van der Waals surface area contributed by atoms with Crippen molar-refractivity contribution in [3.05, 3.63) is 63.3 Å². The summed E-state index contributed by atoms with van der Waals surface area (Å²) in [4.78, 5) is 54.4. The molecule has 0 aromatic carbocycles. The molecule has 4 heterocycles. The molecule has 0 radical (unpaired) electrons. The minimum absolute atomic E-state index is 0.00603. The minimum atomic E-state index is -0.161. The van der Waals surface area contributed by atoms with E-state index in [2.05, 4.69) is 25.3 Å². The fourth-order valence-electron chi connectivity index (χ4n) is 3.52. The molecular formula is C22H21N5O3S. The van der Waals surface area contributed by atoms with Crippen molar-refractivity contribution in [2.24, 2.45) is 0 Å². The van der Waals surface area contributed by atoms with Crippen LogP contribution in [0.5, 0.6) is 0 Å². The number of nitrogens with zero attached hydrogens (tertiary/aromatic N) is 4. The maximum Gasteiger partial charge on any atom is 0.225 e. The summed E-state index contributed by atoms with van der Waals surface area (Å²) in [7, 11) is 0. The van der Waals surface area contributed by atoms with E-state index < -0.39 is 0 Å². The second-order valence-corrected chi connectivity index (χ2v) is 8.66. The number of aromatic nitrogens is 4. The van der Waals surface area contributed by atoms with E-state index >= 15 is 0 Å². The molecule has 8 nitrogen and oxygen atoms in total. The summed E-state index contributed by atoms with van der Waals surface area (Å²) in [6.07, 6.45) is 5.83. The van der Waals surface area contributed by atoms with Gasteiger partial charge in [0.05, 0.1) is 9.88 Å². The standard InChI is InChI=1S/C22H21N5O3S/c1-12(7-17(29)20-15-3-4-19(30)27-21(15)26-11-25-20)22-24-10-18(31-22)16(28)9-14-5-6-23-13(2)8-14/h5-6,8,10-12H,3-4,7,9H2,1-2H3,(H,25,26,27,30)/t12-/m0/s1. The number of anilines is 1. The van der Waals surface area contributed by atoms with Gasteiger partial charge in [-0.15, -0.1) is 11.3 Å². The molecule has 3 aromatic heterocycles. The lowest BCUT2D eigenvalue weighted by molar-refractivity contribution is -0.116. The number of rotatable bonds is 7. The molecule has 1 N–H and O–H groups in total. The molecule has 1 aliphatic heterocycles. The van der Waals surface area contributed by atoms with Crippen molar-refractivity contribution in [2.45, 2.75) is 45.4 Å². The molecule has 0 saturated heterocycles. The molecule has 0 spiro atoms. The Hall–Kier alpha value is -3.33. The number of pyridine rings is 1. The van der Waals surface area contributed by atoms with Crippen LogP contribution in [0.2, 0.25) is 0 Å². The van der Waals surface area contributed by atoms with Crippen LogP contribution < -0.4 is 5.32 Å². The van der Waals surface area contributed by atoms with Crippen LogP contribution in [0.15, 0.2) is 30.9 Å². The average Bonchev–Trinajstić information content (AvgIpc) is 3.23. The smallest absolute Gasteiger partial charge is 0.225 e. The number of aryl methyl sites for hydroxylation is 1. The number of thiazole rings is 1. The molecule has 0 bridgehead atoms. The van der Waals surface area contributed by atoms with Gasteiger partial charge in [0.15, 0.2) is 11.6 Å². The first-order valence-corrected chi connectivity index (χ1v) is 10.8. The van der Waals surface area contributed by atoms with Crippen molar-refractivity contribution in [2.75, 3.05) is 5.32 Å². The van der Waals surface area contributed by atoms with Crippen molar-refractivity contribution < 1.29 is 14.4 Å². The van der Waals surface area contributed by atoms with E-state index in [4.69, 9.17) is 0 Å². The number of amides is 1. The van der Waals surface area contributed by atoms with E-state index in [1.54, 1.807) is 12.4 Å². The Balaban J connectivity index is 1.44. The molecule has 4 rings (SSSR count). The highest BCUT2D eigenvalue weighted by atomic mass is 32.1. The van der Waals surface area contributed by atoms with Gasteiger partial charge < -0.3 is 5.32 Å². The number of Topliss-reactive ketones (excluding diaryl/α,β-unsaturated/α-hetero) is 2. The molecule has 3 aromatic rings. The van der Waals surface area contributed by atoms with Crippen LogP contribution in [0, 0.1) is 6.92 Å². The van der Waals surface area contributed by atoms with Crippen LogP contribution in [0.4, 0.5) is 5.82 Å². The van der Waals surface area contributed by atoms with Crippen LogP contribution in [-0.2, 0) is 17.6 Å². The van der Waals surface area contributed by atoms with E-state index in [1.807, 2.05) is 26.0 Å². The zero-order chi connectivity index (χ0) is 22.0. The van der Waals surface area contributed by atoms with E-state index in [1.165, 1.54) is 17.7 Å². The zero-order valence-corrected chi connectivity index (χ0v) is 18.0. The van der Waals surface area contributed by atoms with Gasteiger partial charge in [-0.05, 0) is 31.0 Å². The van der Waals surface area contributed by atoms with Crippen LogP contribution in [0.25, 0.3) is 0 Å². The minimum Gasteiger partial charge on any atom is -0.310 e. The Morgan fingerprint density at radius 3 is 2.81 bits per heavy atom. The summed E-state index contributed by atoms with van der Waals surface area (Å²) < 4.78 is 0. The van der Waals surface area contributed by atoms with Crippen molar-refractivity contribution in [3.8, 4) is 0 Å². The van der Waals surface area contributed by atoms with Crippen molar-refractivity contribution in [1.82, 2.24) is 19.9 Å². The SMILES string of the molecule is Cc1cc(CC(=O)c2cnc([C@@H](C)CC(=O)c3ncnc4c3CCC(=O)N4)s2)ccn1. The Morgan fingerprint density at radius 1 is 1.16 bits per heavy atom. The highest BCUT2D eigenvalue weighted by Crippen LogP contribution is 2.29. The summed E-state index contributed by atoms with van der Waals surface area (Å²) in [5.74, 6) is 0.00718. The van der Waals surface area contributed by atoms with Crippen LogP contribution in [0.3, 0.4) is 0 Å². The van der Waals surface area contributed by atoms with Gasteiger partial charge in [-0.25, -0.2) is 15.0 Å². The lowest BCUT2D eigenvalue weighted by Crippen LogP contribution is -2.23. The third kappa shape index (κ3) is 4.72. The van der Waals surface area contributed by atoms with Crippen molar-refractivity contribution in [1.29, 1.82) is 0 Å². The number of hydrogen-bond acceptors (Lipinski definition) is 8. The average molecular weight is 436 g/mol. The number of carbonyl (C=O) groups is 3. The van der Waals surface area contributed by atoms with Crippen LogP contribution in [0.1, 0.15) is 67.7 Å². The lowest BCUT2D eigenvalue weighted by Gasteiger charge is -2.17. The van der Waals surface area contributed by atoms with Crippen LogP contribution in [-0.4, -0.2) is 37.4 Å².